The summed E-state index contributed by atoms with van der Waals surface area (Å²) in [5.74, 6) is 1.40. The number of carbonyl (C=O) groups excluding carboxylic acids is 1. The molecule has 4 atom stereocenters. The van der Waals surface area contributed by atoms with Crippen molar-refractivity contribution in [3.05, 3.63) is 29.3 Å². The van der Waals surface area contributed by atoms with E-state index in [0.717, 1.165) is 24.3 Å². The lowest BCUT2D eigenvalue weighted by Gasteiger charge is -2.47. The first-order valence-corrected chi connectivity index (χ1v) is 7.71. The largest absolute Gasteiger partial charge is 0.497 e. The van der Waals surface area contributed by atoms with Gasteiger partial charge in [0.05, 0.1) is 19.8 Å². The van der Waals surface area contributed by atoms with Crippen molar-refractivity contribution in [3.63, 3.8) is 0 Å². The highest BCUT2D eigenvalue weighted by Crippen LogP contribution is 2.43. The molecular formula is C17H23NO4. The molecular weight excluding hydrogens is 282 g/mol. The Kier molecular flexibility index (Phi) is 4.36. The molecule has 5 heteroatoms. The highest BCUT2D eigenvalue weighted by atomic mass is 16.5. The molecule has 0 radical (unpaired) electrons. The summed E-state index contributed by atoms with van der Waals surface area (Å²) in [5.41, 5.74) is 1.61. The number of hydrogen-bond acceptors (Lipinski definition) is 4. The lowest BCUT2D eigenvalue weighted by atomic mass is 9.67. The monoisotopic (exact) mass is 305 g/mol. The maximum absolute atomic E-state index is 12.6. The van der Waals surface area contributed by atoms with Crippen LogP contribution >= 0.6 is 0 Å². The van der Waals surface area contributed by atoms with Crippen molar-refractivity contribution in [2.45, 2.75) is 25.5 Å². The lowest BCUT2D eigenvalue weighted by molar-refractivity contribution is -0.0809. The fourth-order valence-electron chi connectivity index (χ4n) is 3.68. The van der Waals surface area contributed by atoms with Crippen LogP contribution in [0.3, 0.4) is 0 Å². The second-order valence-corrected chi connectivity index (χ2v) is 6.09. The van der Waals surface area contributed by atoms with Gasteiger partial charge in [-0.2, -0.15) is 0 Å². The molecule has 120 valence electrons. The molecule has 0 bridgehead atoms. The summed E-state index contributed by atoms with van der Waals surface area (Å²) in [5, 5.41) is 3.18. The Balaban J connectivity index is 1.71. The summed E-state index contributed by atoms with van der Waals surface area (Å²) in [4.78, 5) is 12.6. The molecule has 1 aliphatic heterocycles. The van der Waals surface area contributed by atoms with Gasteiger partial charge in [-0.15, -0.1) is 0 Å². The van der Waals surface area contributed by atoms with Crippen molar-refractivity contribution in [3.8, 4) is 5.75 Å². The first-order valence-electron chi connectivity index (χ1n) is 7.71. The zero-order valence-corrected chi connectivity index (χ0v) is 13.3. The Hall–Kier alpha value is -1.59. The average Bonchev–Trinajstić information content (AvgIpc) is 2.94. The van der Waals surface area contributed by atoms with E-state index in [9.17, 15) is 4.79 Å². The standard InChI is InChI=1S/C17H23NO4/c1-10-8-11(21-3)4-5-12(10)17(19)18-15-13-6-7-22-16(13)14(15)9-20-2/h4-5,8,13-16H,6-7,9H2,1-3H3,(H,18,19). The van der Waals surface area contributed by atoms with Crippen molar-refractivity contribution in [2.75, 3.05) is 27.4 Å². The topological polar surface area (TPSA) is 56.8 Å². The van der Waals surface area contributed by atoms with Gasteiger partial charge in [-0.1, -0.05) is 0 Å². The summed E-state index contributed by atoms with van der Waals surface area (Å²) in [6.45, 7) is 3.32. The SMILES string of the molecule is COCC1C(NC(=O)c2ccc(OC)cc2C)C2CCOC21. The van der Waals surface area contributed by atoms with E-state index in [-0.39, 0.29) is 24.0 Å². The van der Waals surface area contributed by atoms with E-state index in [1.807, 2.05) is 25.1 Å². The minimum absolute atomic E-state index is 0.0309. The zero-order valence-electron chi connectivity index (χ0n) is 13.3. The number of amides is 1. The van der Waals surface area contributed by atoms with Crippen LogP contribution in [0.5, 0.6) is 5.75 Å². The number of hydrogen-bond donors (Lipinski definition) is 1. The van der Waals surface area contributed by atoms with Crippen molar-refractivity contribution < 1.29 is 19.0 Å². The first-order chi connectivity index (χ1) is 10.7. The van der Waals surface area contributed by atoms with Crippen LogP contribution < -0.4 is 10.1 Å². The minimum atomic E-state index is -0.0309. The van der Waals surface area contributed by atoms with Crippen molar-refractivity contribution in [2.24, 2.45) is 11.8 Å². The van der Waals surface area contributed by atoms with Crippen LogP contribution in [0, 0.1) is 18.8 Å². The van der Waals surface area contributed by atoms with Crippen LogP contribution in [-0.2, 0) is 9.47 Å². The Bertz CT molecular complexity index is 560. The maximum Gasteiger partial charge on any atom is 0.251 e. The lowest BCUT2D eigenvalue weighted by Crippen LogP contribution is -2.62. The molecule has 3 rings (SSSR count). The summed E-state index contributed by atoms with van der Waals surface area (Å²) in [6.07, 6.45) is 1.25. The van der Waals surface area contributed by atoms with Crippen molar-refractivity contribution >= 4 is 5.91 Å². The first kappa shape index (κ1) is 15.3. The van der Waals surface area contributed by atoms with Gasteiger partial charge in [0.15, 0.2) is 0 Å². The molecule has 5 nitrogen and oxygen atoms in total. The summed E-state index contributed by atoms with van der Waals surface area (Å²) in [6, 6.07) is 5.65. The van der Waals surface area contributed by atoms with Crippen molar-refractivity contribution in [1.29, 1.82) is 0 Å². The van der Waals surface area contributed by atoms with E-state index in [4.69, 9.17) is 14.2 Å². The molecule has 1 saturated heterocycles. The van der Waals surface area contributed by atoms with E-state index in [0.29, 0.717) is 18.1 Å². The molecule has 2 fully saturated rings. The van der Waals surface area contributed by atoms with Gasteiger partial charge in [0.2, 0.25) is 0 Å². The highest BCUT2D eigenvalue weighted by molar-refractivity contribution is 5.96. The van der Waals surface area contributed by atoms with Gasteiger partial charge in [-0.05, 0) is 37.1 Å². The van der Waals surface area contributed by atoms with Crippen LogP contribution in [0.2, 0.25) is 0 Å². The molecule has 4 unspecified atom stereocenters. The van der Waals surface area contributed by atoms with Gasteiger partial charge in [0.25, 0.3) is 5.91 Å². The highest BCUT2D eigenvalue weighted by Gasteiger charge is 2.54. The number of nitrogens with one attached hydrogen (secondary N) is 1. The van der Waals surface area contributed by atoms with Gasteiger partial charge >= 0.3 is 0 Å². The molecule has 0 spiro atoms. The van der Waals surface area contributed by atoms with Crippen molar-refractivity contribution in [1.82, 2.24) is 5.32 Å². The van der Waals surface area contributed by atoms with Gasteiger partial charge in [-0.3, -0.25) is 4.79 Å². The summed E-state index contributed by atoms with van der Waals surface area (Å²) >= 11 is 0. The van der Waals surface area contributed by atoms with E-state index >= 15 is 0 Å². The number of carbonyl (C=O) groups is 1. The zero-order chi connectivity index (χ0) is 15.7. The molecule has 1 aliphatic carbocycles. The fourth-order valence-corrected chi connectivity index (χ4v) is 3.68. The van der Waals surface area contributed by atoms with Gasteiger partial charge in [-0.25, -0.2) is 0 Å². The van der Waals surface area contributed by atoms with Gasteiger partial charge in [0.1, 0.15) is 5.75 Å². The molecule has 1 saturated carbocycles. The number of ether oxygens (including phenoxy) is 3. The van der Waals surface area contributed by atoms with Crippen LogP contribution in [0.4, 0.5) is 0 Å². The molecule has 1 heterocycles. The quantitative estimate of drug-likeness (QED) is 0.901. The fraction of sp³-hybridized carbons (Fsp3) is 0.588. The number of fused-ring (bicyclic) bond motifs is 1. The minimum Gasteiger partial charge on any atom is -0.497 e. The number of benzene rings is 1. The Morgan fingerprint density at radius 2 is 2.23 bits per heavy atom. The second kappa shape index (κ2) is 6.26. The van der Waals surface area contributed by atoms with E-state index < -0.39 is 0 Å². The van der Waals surface area contributed by atoms with Crippen LogP contribution in [0.1, 0.15) is 22.3 Å². The molecule has 0 aromatic heterocycles. The third-order valence-electron chi connectivity index (χ3n) is 4.86. The number of aryl methyl sites for hydroxylation is 1. The molecule has 2 aliphatic rings. The summed E-state index contributed by atoms with van der Waals surface area (Å²) < 4.78 is 16.2. The molecule has 1 aromatic rings. The normalized spacial score (nSPS) is 29.6. The van der Waals surface area contributed by atoms with E-state index in [1.54, 1.807) is 14.2 Å². The van der Waals surface area contributed by atoms with Gasteiger partial charge < -0.3 is 19.5 Å². The smallest absolute Gasteiger partial charge is 0.251 e. The predicted molar refractivity (Wildman–Crippen MR) is 82.2 cm³/mol. The van der Waals surface area contributed by atoms with Crippen LogP contribution in [-0.4, -0.2) is 45.5 Å². The Labute approximate surface area is 130 Å². The molecule has 1 amide bonds. The maximum atomic E-state index is 12.6. The van der Waals surface area contributed by atoms with Crippen LogP contribution in [0.25, 0.3) is 0 Å². The Morgan fingerprint density at radius 3 is 2.91 bits per heavy atom. The molecule has 1 N–H and O–H groups in total. The molecule has 1 aromatic carbocycles. The average molecular weight is 305 g/mol. The van der Waals surface area contributed by atoms with Crippen LogP contribution in [0.15, 0.2) is 18.2 Å². The number of rotatable bonds is 5. The Morgan fingerprint density at radius 1 is 1.41 bits per heavy atom. The van der Waals surface area contributed by atoms with E-state index in [2.05, 4.69) is 5.32 Å². The summed E-state index contributed by atoms with van der Waals surface area (Å²) in [7, 11) is 3.31. The number of methoxy groups -OCH3 is 2. The second-order valence-electron chi connectivity index (χ2n) is 6.09. The third-order valence-corrected chi connectivity index (χ3v) is 4.86. The predicted octanol–water partition coefficient (Wildman–Crippen LogP) is 1.78. The molecule has 22 heavy (non-hydrogen) atoms. The third kappa shape index (κ3) is 2.59. The van der Waals surface area contributed by atoms with E-state index in [1.165, 1.54) is 0 Å². The van der Waals surface area contributed by atoms with Gasteiger partial charge in [0, 0.05) is 37.2 Å².